The van der Waals surface area contributed by atoms with Crippen molar-refractivity contribution in [2.45, 2.75) is 25.8 Å². The highest BCUT2D eigenvalue weighted by molar-refractivity contribution is 5.88. The molecular formula is C14H18N2O5. The van der Waals surface area contributed by atoms with Gasteiger partial charge in [-0.05, 0) is 24.1 Å². The van der Waals surface area contributed by atoms with Gasteiger partial charge in [0, 0.05) is 0 Å². The molecule has 1 aromatic carbocycles. The lowest BCUT2D eigenvalue weighted by Crippen LogP contribution is -2.45. The van der Waals surface area contributed by atoms with Gasteiger partial charge in [0.15, 0.2) is 6.61 Å². The second-order valence-corrected chi connectivity index (χ2v) is 4.41. The predicted octanol–water partition coefficient (Wildman–Crippen LogP) is 0.0726. The minimum atomic E-state index is -1.35. The third-order valence-corrected chi connectivity index (χ3v) is 2.74. The van der Waals surface area contributed by atoms with Crippen molar-refractivity contribution < 1.29 is 24.2 Å². The zero-order valence-electron chi connectivity index (χ0n) is 11.7. The summed E-state index contributed by atoms with van der Waals surface area (Å²) >= 11 is 0. The number of primary amides is 1. The lowest BCUT2D eigenvalue weighted by atomic mass is 10.2. The Morgan fingerprint density at radius 3 is 2.38 bits per heavy atom. The van der Waals surface area contributed by atoms with Crippen molar-refractivity contribution in [1.82, 2.24) is 5.32 Å². The van der Waals surface area contributed by atoms with Gasteiger partial charge in [0.25, 0.3) is 5.91 Å². The average Bonchev–Trinajstić information content (AvgIpc) is 2.44. The number of ether oxygens (including phenoxy) is 1. The van der Waals surface area contributed by atoms with Gasteiger partial charge in [0.1, 0.15) is 11.8 Å². The largest absolute Gasteiger partial charge is 0.484 e. The molecule has 7 nitrogen and oxygen atoms in total. The Balaban J connectivity index is 2.48. The molecule has 2 amide bonds. The van der Waals surface area contributed by atoms with Crippen LogP contribution in [0.1, 0.15) is 18.9 Å². The van der Waals surface area contributed by atoms with E-state index in [2.05, 4.69) is 5.32 Å². The van der Waals surface area contributed by atoms with E-state index < -0.39 is 30.2 Å². The first-order chi connectivity index (χ1) is 9.92. The molecule has 21 heavy (non-hydrogen) atoms. The first-order valence-corrected chi connectivity index (χ1v) is 6.44. The zero-order chi connectivity index (χ0) is 15.8. The molecule has 0 aliphatic carbocycles. The minimum absolute atomic E-state index is 0.339. The first-order valence-electron chi connectivity index (χ1n) is 6.44. The fraction of sp³-hybridized carbons (Fsp3) is 0.357. The summed E-state index contributed by atoms with van der Waals surface area (Å²) in [5.41, 5.74) is 6.05. The SMILES string of the molecule is CCc1ccc(OCC(=O)NC(CC(N)=O)C(=O)O)cc1. The number of hydrogen-bond donors (Lipinski definition) is 3. The van der Waals surface area contributed by atoms with Gasteiger partial charge in [0.05, 0.1) is 6.42 Å². The highest BCUT2D eigenvalue weighted by atomic mass is 16.5. The lowest BCUT2D eigenvalue weighted by molar-refractivity contribution is -0.143. The van der Waals surface area contributed by atoms with Crippen LogP contribution in [0.2, 0.25) is 0 Å². The molecule has 7 heteroatoms. The smallest absolute Gasteiger partial charge is 0.326 e. The van der Waals surface area contributed by atoms with Gasteiger partial charge < -0.3 is 20.9 Å². The molecule has 0 bridgehead atoms. The first kappa shape index (κ1) is 16.5. The van der Waals surface area contributed by atoms with Crippen LogP contribution < -0.4 is 15.8 Å². The normalized spacial score (nSPS) is 11.5. The number of rotatable bonds is 8. The van der Waals surface area contributed by atoms with Crippen molar-refractivity contribution in [1.29, 1.82) is 0 Å². The predicted molar refractivity (Wildman–Crippen MR) is 74.7 cm³/mol. The molecule has 0 fully saturated rings. The maximum Gasteiger partial charge on any atom is 0.326 e. The minimum Gasteiger partial charge on any atom is -0.484 e. The van der Waals surface area contributed by atoms with E-state index in [1.807, 2.05) is 19.1 Å². The number of nitrogens with two attached hydrogens (primary N) is 1. The topological polar surface area (TPSA) is 119 Å². The van der Waals surface area contributed by atoms with E-state index in [0.29, 0.717) is 5.75 Å². The number of carboxylic acids is 1. The van der Waals surface area contributed by atoms with Crippen molar-refractivity contribution in [3.8, 4) is 5.75 Å². The molecule has 0 saturated carbocycles. The number of carbonyl (C=O) groups is 3. The van der Waals surface area contributed by atoms with Gasteiger partial charge in [-0.25, -0.2) is 4.79 Å². The molecule has 0 saturated heterocycles. The van der Waals surface area contributed by atoms with Crippen molar-refractivity contribution in [3.05, 3.63) is 29.8 Å². The Labute approximate surface area is 122 Å². The average molecular weight is 294 g/mol. The summed E-state index contributed by atoms with van der Waals surface area (Å²) in [6, 6.07) is 5.86. The molecule has 0 aromatic heterocycles. The summed E-state index contributed by atoms with van der Waals surface area (Å²) in [4.78, 5) is 33.1. The van der Waals surface area contributed by atoms with E-state index in [9.17, 15) is 14.4 Å². The summed E-state index contributed by atoms with van der Waals surface area (Å²) < 4.78 is 5.23. The lowest BCUT2D eigenvalue weighted by Gasteiger charge is -2.13. The molecule has 1 aromatic rings. The van der Waals surface area contributed by atoms with Crippen LogP contribution in [-0.4, -0.2) is 35.5 Å². The maximum atomic E-state index is 11.6. The third-order valence-electron chi connectivity index (χ3n) is 2.74. The van der Waals surface area contributed by atoms with Crippen LogP contribution in [0, 0.1) is 0 Å². The van der Waals surface area contributed by atoms with E-state index in [0.717, 1.165) is 12.0 Å². The molecule has 0 aliphatic heterocycles. The quantitative estimate of drug-likeness (QED) is 0.627. The van der Waals surface area contributed by atoms with Crippen molar-refractivity contribution >= 4 is 17.8 Å². The Morgan fingerprint density at radius 2 is 1.90 bits per heavy atom. The fourth-order valence-electron chi connectivity index (χ4n) is 1.61. The number of nitrogens with one attached hydrogen (secondary N) is 1. The maximum absolute atomic E-state index is 11.6. The Morgan fingerprint density at radius 1 is 1.29 bits per heavy atom. The number of amides is 2. The number of aliphatic carboxylic acids is 1. The Kier molecular flexibility index (Phi) is 6.19. The molecule has 0 radical (unpaired) electrons. The van der Waals surface area contributed by atoms with E-state index in [4.69, 9.17) is 15.6 Å². The summed E-state index contributed by atoms with van der Waals surface area (Å²) in [5.74, 6) is -2.26. The molecule has 114 valence electrons. The fourth-order valence-corrected chi connectivity index (χ4v) is 1.61. The van der Waals surface area contributed by atoms with Gasteiger partial charge in [-0.2, -0.15) is 0 Å². The second-order valence-electron chi connectivity index (χ2n) is 4.41. The number of benzene rings is 1. The summed E-state index contributed by atoms with van der Waals surface area (Å²) in [7, 11) is 0. The molecule has 1 unspecified atom stereocenters. The van der Waals surface area contributed by atoms with Crippen molar-refractivity contribution in [2.75, 3.05) is 6.61 Å². The summed E-state index contributed by atoms with van der Waals surface area (Å²) in [6.07, 6.45) is 0.431. The molecular weight excluding hydrogens is 276 g/mol. The van der Waals surface area contributed by atoms with Crippen LogP contribution >= 0.6 is 0 Å². The van der Waals surface area contributed by atoms with E-state index >= 15 is 0 Å². The molecule has 0 spiro atoms. The van der Waals surface area contributed by atoms with E-state index in [1.54, 1.807) is 12.1 Å². The molecule has 4 N–H and O–H groups in total. The number of carboxylic acid groups (broad SMARTS) is 1. The number of hydrogen-bond acceptors (Lipinski definition) is 4. The van der Waals surface area contributed by atoms with Crippen molar-refractivity contribution in [3.63, 3.8) is 0 Å². The van der Waals surface area contributed by atoms with Crippen LogP contribution in [0.5, 0.6) is 5.75 Å². The molecule has 1 atom stereocenters. The molecule has 0 heterocycles. The Bertz CT molecular complexity index is 513. The number of aryl methyl sites for hydroxylation is 1. The molecule has 0 aliphatic rings. The van der Waals surface area contributed by atoms with Crippen molar-refractivity contribution in [2.24, 2.45) is 5.73 Å². The monoisotopic (exact) mass is 294 g/mol. The van der Waals surface area contributed by atoms with Gasteiger partial charge in [-0.3, -0.25) is 9.59 Å². The van der Waals surface area contributed by atoms with E-state index in [-0.39, 0.29) is 6.61 Å². The highest BCUT2D eigenvalue weighted by Crippen LogP contribution is 2.12. The van der Waals surface area contributed by atoms with Crippen LogP contribution in [-0.2, 0) is 20.8 Å². The van der Waals surface area contributed by atoms with Gasteiger partial charge in [-0.15, -0.1) is 0 Å². The number of carbonyl (C=O) groups excluding carboxylic acids is 2. The van der Waals surface area contributed by atoms with Crippen LogP contribution in [0.15, 0.2) is 24.3 Å². The highest BCUT2D eigenvalue weighted by Gasteiger charge is 2.22. The van der Waals surface area contributed by atoms with E-state index in [1.165, 1.54) is 0 Å². The van der Waals surface area contributed by atoms with Crippen LogP contribution in [0.25, 0.3) is 0 Å². The molecule has 1 rings (SSSR count). The Hall–Kier alpha value is -2.57. The standard InChI is InChI=1S/C14H18N2O5/c1-2-9-3-5-10(6-4-9)21-8-13(18)16-11(14(19)20)7-12(15)17/h3-6,11H,2,7-8H2,1H3,(H2,15,17)(H,16,18)(H,19,20). The second kappa shape index (κ2) is 7.88. The van der Waals surface area contributed by atoms with Gasteiger partial charge in [-0.1, -0.05) is 19.1 Å². The third kappa shape index (κ3) is 5.94. The van der Waals surface area contributed by atoms with Crippen LogP contribution in [0.4, 0.5) is 0 Å². The zero-order valence-corrected chi connectivity index (χ0v) is 11.7. The van der Waals surface area contributed by atoms with Crippen LogP contribution in [0.3, 0.4) is 0 Å². The summed E-state index contributed by atoms with van der Waals surface area (Å²) in [5, 5.41) is 11.0. The van der Waals surface area contributed by atoms with Gasteiger partial charge >= 0.3 is 5.97 Å². The van der Waals surface area contributed by atoms with Gasteiger partial charge in [0.2, 0.25) is 5.91 Å². The summed E-state index contributed by atoms with van der Waals surface area (Å²) in [6.45, 7) is 1.68.